The molecule has 1 aromatic heterocycles. The Bertz CT molecular complexity index is 593. The minimum atomic E-state index is -3.43. The van der Waals surface area contributed by atoms with Crippen LogP contribution < -0.4 is 0 Å². The molecule has 5 nitrogen and oxygen atoms in total. The number of thioether (sulfide) groups is 1. The number of carbonyl (C=O) groups is 1. The highest BCUT2D eigenvalue weighted by Crippen LogP contribution is 2.24. The first-order valence-corrected chi connectivity index (χ1v) is 9.36. The molecule has 21 heavy (non-hydrogen) atoms. The molecule has 0 amide bonds. The SMILES string of the molecule is CC(=O)C(C)Sc1ccc(S(=O)(=O)N2CCCCC2)cn1. The minimum absolute atomic E-state index is 0.0758. The highest BCUT2D eigenvalue weighted by Gasteiger charge is 2.26. The Morgan fingerprint density at radius 1 is 1.29 bits per heavy atom. The number of piperidine rings is 1. The average Bonchev–Trinajstić information content (AvgIpc) is 2.48. The van der Waals surface area contributed by atoms with Crippen molar-refractivity contribution in [3.05, 3.63) is 18.3 Å². The van der Waals surface area contributed by atoms with Gasteiger partial charge in [0.2, 0.25) is 10.0 Å². The summed E-state index contributed by atoms with van der Waals surface area (Å²) in [5.41, 5.74) is 0. The summed E-state index contributed by atoms with van der Waals surface area (Å²) in [5.74, 6) is 0.0758. The predicted octanol–water partition coefficient (Wildman–Crippen LogP) is 2.33. The molecule has 1 saturated heterocycles. The van der Waals surface area contributed by atoms with Crippen molar-refractivity contribution in [3.63, 3.8) is 0 Å². The number of ketones is 1. The molecule has 1 fully saturated rings. The van der Waals surface area contributed by atoms with Crippen molar-refractivity contribution in [2.45, 2.75) is 48.3 Å². The molecule has 1 unspecified atom stereocenters. The number of nitrogens with zero attached hydrogens (tertiary/aromatic N) is 2. The summed E-state index contributed by atoms with van der Waals surface area (Å²) >= 11 is 1.34. The van der Waals surface area contributed by atoms with E-state index >= 15 is 0 Å². The van der Waals surface area contributed by atoms with E-state index in [0.29, 0.717) is 18.1 Å². The number of aromatic nitrogens is 1. The summed E-state index contributed by atoms with van der Waals surface area (Å²) in [6.45, 7) is 4.51. The quantitative estimate of drug-likeness (QED) is 0.776. The van der Waals surface area contributed by atoms with E-state index in [9.17, 15) is 13.2 Å². The first-order chi connectivity index (χ1) is 9.91. The second-order valence-corrected chi connectivity index (χ2v) is 8.47. The molecule has 0 bridgehead atoms. The van der Waals surface area contributed by atoms with Gasteiger partial charge in [0.15, 0.2) is 0 Å². The number of rotatable bonds is 5. The molecule has 0 N–H and O–H groups in total. The zero-order valence-electron chi connectivity index (χ0n) is 12.3. The molecule has 1 aliphatic rings. The molecule has 7 heteroatoms. The van der Waals surface area contributed by atoms with E-state index in [0.717, 1.165) is 19.3 Å². The topological polar surface area (TPSA) is 67.3 Å². The van der Waals surface area contributed by atoms with Crippen molar-refractivity contribution in [1.82, 2.24) is 9.29 Å². The van der Waals surface area contributed by atoms with Crippen LogP contribution in [-0.4, -0.2) is 41.8 Å². The molecule has 1 aliphatic heterocycles. The average molecular weight is 328 g/mol. The van der Waals surface area contributed by atoms with Gasteiger partial charge in [-0.1, -0.05) is 18.2 Å². The van der Waals surface area contributed by atoms with Gasteiger partial charge < -0.3 is 0 Å². The van der Waals surface area contributed by atoms with Crippen LogP contribution in [0.3, 0.4) is 0 Å². The Morgan fingerprint density at radius 3 is 2.48 bits per heavy atom. The maximum atomic E-state index is 12.5. The normalized spacial score (nSPS) is 18.4. The maximum Gasteiger partial charge on any atom is 0.244 e. The Labute approximate surface area is 130 Å². The second kappa shape index (κ2) is 6.89. The van der Waals surface area contributed by atoms with Gasteiger partial charge in [-0.2, -0.15) is 4.31 Å². The monoisotopic (exact) mass is 328 g/mol. The lowest BCUT2D eigenvalue weighted by atomic mass is 10.2. The molecule has 0 aromatic carbocycles. The Kier molecular flexibility index (Phi) is 5.40. The molecular weight excluding hydrogens is 308 g/mol. The molecule has 1 aromatic rings. The van der Waals surface area contributed by atoms with Gasteiger partial charge >= 0.3 is 0 Å². The molecule has 116 valence electrons. The van der Waals surface area contributed by atoms with Gasteiger partial charge in [-0.15, -0.1) is 0 Å². The van der Waals surface area contributed by atoms with Gasteiger partial charge in [-0.3, -0.25) is 4.79 Å². The van der Waals surface area contributed by atoms with Crippen molar-refractivity contribution in [3.8, 4) is 0 Å². The van der Waals surface area contributed by atoms with Crippen LogP contribution in [0.5, 0.6) is 0 Å². The Balaban J connectivity index is 2.12. The largest absolute Gasteiger partial charge is 0.299 e. The van der Waals surface area contributed by atoms with Crippen LogP contribution in [0.2, 0.25) is 0 Å². The third-order valence-corrected chi connectivity index (χ3v) is 6.58. The third-order valence-electron chi connectivity index (χ3n) is 3.53. The number of sulfonamides is 1. The molecule has 0 radical (unpaired) electrons. The fraction of sp³-hybridized carbons (Fsp3) is 0.571. The van der Waals surface area contributed by atoms with Crippen molar-refractivity contribution in [1.29, 1.82) is 0 Å². The summed E-state index contributed by atoms with van der Waals surface area (Å²) in [6, 6.07) is 3.24. The zero-order valence-corrected chi connectivity index (χ0v) is 13.9. The van der Waals surface area contributed by atoms with Crippen LogP contribution in [0.25, 0.3) is 0 Å². The van der Waals surface area contributed by atoms with Gasteiger partial charge in [0, 0.05) is 19.3 Å². The lowest BCUT2D eigenvalue weighted by Crippen LogP contribution is -2.35. The summed E-state index contributed by atoms with van der Waals surface area (Å²) < 4.78 is 26.4. The summed E-state index contributed by atoms with van der Waals surface area (Å²) in [5, 5.41) is 0.484. The molecule has 0 spiro atoms. The number of pyridine rings is 1. The van der Waals surface area contributed by atoms with Crippen molar-refractivity contribution >= 4 is 27.6 Å². The Hall–Kier alpha value is -0.920. The fourth-order valence-electron chi connectivity index (χ4n) is 2.11. The van der Waals surface area contributed by atoms with Gasteiger partial charge in [0.25, 0.3) is 0 Å². The zero-order chi connectivity index (χ0) is 15.5. The summed E-state index contributed by atoms with van der Waals surface area (Å²) in [7, 11) is -3.43. The van der Waals surface area contributed by atoms with Crippen LogP contribution in [0.4, 0.5) is 0 Å². The third kappa shape index (κ3) is 4.05. The van der Waals surface area contributed by atoms with Crippen LogP contribution in [0, 0.1) is 0 Å². The first-order valence-electron chi connectivity index (χ1n) is 7.04. The molecule has 2 rings (SSSR count). The van der Waals surface area contributed by atoms with E-state index in [1.54, 1.807) is 12.1 Å². The second-order valence-electron chi connectivity index (χ2n) is 5.17. The molecule has 2 heterocycles. The van der Waals surface area contributed by atoms with E-state index in [-0.39, 0.29) is 15.9 Å². The number of Topliss-reactive ketones (excluding diaryl/α,β-unsaturated/α-hetero) is 1. The van der Waals surface area contributed by atoms with Crippen LogP contribution in [-0.2, 0) is 14.8 Å². The van der Waals surface area contributed by atoms with Gasteiger partial charge in [0.05, 0.1) is 10.3 Å². The van der Waals surface area contributed by atoms with Crippen molar-refractivity contribution in [2.24, 2.45) is 0 Å². The van der Waals surface area contributed by atoms with E-state index in [1.165, 1.54) is 29.2 Å². The smallest absolute Gasteiger partial charge is 0.244 e. The lowest BCUT2D eigenvalue weighted by Gasteiger charge is -2.25. The van der Waals surface area contributed by atoms with Crippen LogP contribution in [0.1, 0.15) is 33.1 Å². The van der Waals surface area contributed by atoms with Crippen LogP contribution in [0.15, 0.2) is 28.3 Å². The molecule has 1 atom stereocenters. The minimum Gasteiger partial charge on any atom is -0.299 e. The van der Waals surface area contributed by atoms with Crippen molar-refractivity contribution < 1.29 is 13.2 Å². The van der Waals surface area contributed by atoms with Gasteiger partial charge in [-0.25, -0.2) is 13.4 Å². The van der Waals surface area contributed by atoms with Gasteiger partial charge in [0.1, 0.15) is 10.7 Å². The first kappa shape index (κ1) is 16.5. The maximum absolute atomic E-state index is 12.5. The number of hydrogen-bond donors (Lipinski definition) is 0. The van der Waals surface area contributed by atoms with E-state index in [2.05, 4.69) is 4.98 Å². The van der Waals surface area contributed by atoms with Crippen molar-refractivity contribution in [2.75, 3.05) is 13.1 Å². The van der Waals surface area contributed by atoms with E-state index < -0.39 is 10.0 Å². The van der Waals surface area contributed by atoms with Gasteiger partial charge in [-0.05, 0) is 38.8 Å². The summed E-state index contributed by atoms with van der Waals surface area (Å²) in [6.07, 6.45) is 4.30. The lowest BCUT2D eigenvalue weighted by molar-refractivity contribution is -0.116. The molecule has 0 saturated carbocycles. The highest BCUT2D eigenvalue weighted by molar-refractivity contribution is 8.00. The van der Waals surface area contributed by atoms with E-state index in [1.807, 2.05) is 6.92 Å². The molecule has 0 aliphatic carbocycles. The summed E-state index contributed by atoms with van der Waals surface area (Å²) in [4.78, 5) is 15.6. The fourth-order valence-corrected chi connectivity index (χ4v) is 4.36. The predicted molar refractivity (Wildman–Crippen MR) is 82.8 cm³/mol. The van der Waals surface area contributed by atoms with Crippen LogP contribution >= 0.6 is 11.8 Å². The Morgan fingerprint density at radius 2 is 1.95 bits per heavy atom. The van der Waals surface area contributed by atoms with E-state index in [4.69, 9.17) is 0 Å². The standard InChI is InChI=1S/C14H20N2O3S2/c1-11(17)12(2)20-14-7-6-13(10-15-14)21(18,19)16-8-4-3-5-9-16/h6-7,10,12H,3-5,8-9H2,1-2H3. The molecular formula is C14H20N2O3S2. The number of carbonyl (C=O) groups excluding carboxylic acids is 1. The highest BCUT2D eigenvalue weighted by atomic mass is 32.2. The number of hydrogen-bond acceptors (Lipinski definition) is 5.